The van der Waals surface area contributed by atoms with Crippen LogP contribution in [-0.2, 0) is 10.0 Å². The van der Waals surface area contributed by atoms with Crippen molar-refractivity contribution in [1.29, 1.82) is 0 Å². The highest BCUT2D eigenvalue weighted by Gasteiger charge is 2.15. The summed E-state index contributed by atoms with van der Waals surface area (Å²) in [6.45, 7) is 0. The van der Waals surface area contributed by atoms with Crippen molar-refractivity contribution in [2.75, 3.05) is 24.7 Å². The van der Waals surface area contributed by atoms with Gasteiger partial charge in [0.1, 0.15) is 11.6 Å². The summed E-state index contributed by atoms with van der Waals surface area (Å²) in [6, 6.07) is 10.2. The second-order valence-electron chi connectivity index (χ2n) is 4.17. The molecule has 0 radical (unpaired) electrons. The van der Waals surface area contributed by atoms with E-state index in [-0.39, 0.29) is 4.90 Å². The molecule has 0 amide bonds. The Kier molecular flexibility index (Phi) is 3.91. The molecule has 2 rings (SSSR count). The van der Waals surface area contributed by atoms with E-state index < -0.39 is 10.0 Å². The molecule has 6 nitrogen and oxygen atoms in total. The van der Waals surface area contributed by atoms with Gasteiger partial charge in [-0.1, -0.05) is 18.2 Å². The molecule has 1 aromatic carbocycles. The van der Waals surface area contributed by atoms with Gasteiger partial charge in [-0.2, -0.15) is 0 Å². The number of aromatic nitrogens is 1. The minimum Gasteiger partial charge on any atom is -0.373 e. The van der Waals surface area contributed by atoms with Crippen molar-refractivity contribution in [3.8, 4) is 11.1 Å². The second-order valence-corrected chi connectivity index (χ2v) is 5.70. The topological polar surface area (TPSA) is 97.1 Å². The molecule has 0 unspecified atom stereocenters. The van der Waals surface area contributed by atoms with E-state index in [1.807, 2.05) is 0 Å². The van der Waals surface area contributed by atoms with Crippen molar-refractivity contribution in [2.45, 2.75) is 4.90 Å². The molecular formula is C13H16N4O2S. The Morgan fingerprint density at radius 1 is 1.05 bits per heavy atom. The zero-order valence-electron chi connectivity index (χ0n) is 11.2. The molecule has 0 bridgehead atoms. The molecule has 0 aliphatic heterocycles. The van der Waals surface area contributed by atoms with E-state index in [9.17, 15) is 8.42 Å². The van der Waals surface area contributed by atoms with Crippen molar-refractivity contribution >= 4 is 21.7 Å². The first-order valence-corrected chi connectivity index (χ1v) is 7.50. The van der Waals surface area contributed by atoms with Crippen molar-refractivity contribution < 1.29 is 8.42 Å². The average molecular weight is 292 g/mol. The number of benzene rings is 1. The molecule has 0 spiro atoms. The number of nitrogens with one attached hydrogen (secondary N) is 2. The van der Waals surface area contributed by atoms with Crippen LogP contribution >= 0.6 is 0 Å². The first-order chi connectivity index (χ1) is 9.45. The van der Waals surface area contributed by atoms with Crippen LogP contribution in [0.15, 0.2) is 41.3 Å². The van der Waals surface area contributed by atoms with Gasteiger partial charge in [-0.25, -0.2) is 18.5 Å². The molecule has 1 aromatic heterocycles. The monoisotopic (exact) mass is 292 g/mol. The molecule has 0 saturated carbocycles. The van der Waals surface area contributed by atoms with Crippen molar-refractivity contribution in [3.63, 3.8) is 0 Å². The molecule has 20 heavy (non-hydrogen) atoms. The Bertz CT molecular complexity index is 707. The fourth-order valence-electron chi connectivity index (χ4n) is 1.90. The molecule has 2 aromatic rings. The highest BCUT2D eigenvalue weighted by molar-refractivity contribution is 7.89. The summed E-state index contributed by atoms with van der Waals surface area (Å²) in [5, 5.41) is 11.1. The molecule has 0 saturated heterocycles. The fourth-order valence-corrected chi connectivity index (χ4v) is 2.66. The number of sulfonamides is 1. The van der Waals surface area contributed by atoms with E-state index in [2.05, 4.69) is 15.6 Å². The number of rotatable bonds is 4. The van der Waals surface area contributed by atoms with Crippen LogP contribution in [0, 0.1) is 0 Å². The Morgan fingerprint density at radius 2 is 1.60 bits per heavy atom. The predicted molar refractivity (Wildman–Crippen MR) is 80.1 cm³/mol. The van der Waals surface area contributed by atoms with Crippen LogP contribution in [0.4, 0.5) is 11.6 Å². The summed E-state index contributed by atoms with van der Waals surface area (Å²) < 4.78 is 23.3. The van der Waals surface area contributed by atoms with E-state index in [0.717, 1.165) is 5.56 Å². The maximum Gasteiger partial charge on any atom is 0.238 e. The maximum atomic E-state index is 11.7. The Balaban J connectivity index is 2.69. The lowest BCUT2D eigenvalue weighted by Crippen LogP contribution is -2.13. The maximum absolute atomic E-state index is 11.7. The van der Waals surface area contributed by atoms with Crippen LogP contribution in [0.1, 0.15) is 0 Å². The zero-order chi connectivity index (χ0) is 14.8. The largest absolute Gasteiger partial charge is 0.373 e. The van der Waals surface area contributed by atoms with Gasteiger partial charge < -0.3 is 10.6 Å². The van der Waals surface area contributed by atoms with Crippen molar-refractivity contribution in [3.05, 3.63) is 36.4 Å². The SMILES string of the molecule is CNc1cc(-c2ccccc2S(N)(=O)=O)cc(NC)n1. The lowest BCUT2D eigenvalue weighted by molar-refractivity contribution is 0.598. The molecule has 7 heteroatoms. The van der Waals surface area contributed by atoms with Crippen molar-refractivity contribution in [2.24, 2.45) is 5.14 Å². The van der Waals surface area contributed by atoms with Crippen LogP contribution in [0.25, 0.3) is 11.1 Å². The number of hydrogen-bond donors (Lipinski definition) is 3. The quantitative estimate of drug-likeness (QED) is 0.793. The zero-order valence-corrected chi connectivity index (χ0v) is 12.0. The highest BCUT2D eigenvalue weighted by atomic mass is 32.2. The number of anilines is 2. The van der Waals surface area contributed by atoms with Crippen LogP contribution in [-0.4, -0.2) is 27.5 Å². The average Bonchev–Trinajstić information content (AvgIpc) is 2.45. The van der Waals surface area contributed by atoms with Gasteiger partial charge in [-0.05, 0) is 23.8 Å². The fraction of sp³-hybridized carbons (Fsp3) is 0.154. The normalized spacial score (nSPS) is 11.2. The first kappa shape index (κ1) is 14.3. The molecule has 0 fully saturated rings. The number of primary sulfonamides is 1. The van der Waals surface area contributed by atoms with Gasteiger partial charge >= 0.3 is 0 Å². The number of pyridine rings is 1. The summed E-state index contributed by atoms with van der Waals surface area (Å²) in [6.07, 6.45) is 0. The van der Waals surface area contributed by atoms with Gasteiger partial charge in [-0.3, -0.25) is 0 Å². The predicted octanol–water partition coefficient (Wildman–Crippen LogP) is 1.48. The summed E-state index contributed by atoms with van der Waals surface area (Å²) >= 11 is 0. The van der Waals surface area contributed by atoms with E-state index >= 15 is 0 Å². The molecular weight excluding hydrogens is 276 g/mol. The number of nitrogens with two attached hydrogens (primary N) is 1. The number of hydrogen-bond acceptors (Lipinski definition) is 5. The lowest BCUT2D eigenvalue weighted by atomic mass is 10.1. The molecule has 1 heterocycles. The molecule has 0 aliphatic carbocycles. The lowest BCUT2D eigenvalue weighted by Gasteiger charge is -2.11. The third-order valence-electron chi connectivity index (χ3n) is 2.84. The van der Waals surface area contributed by atoms with E-state index in [0.29, 0.717) is 17.2 Å². The van der Waals surface area contributed by atoms with Gasteiger partial charge in [0.2, 0.25) is 10.0 Å². The highest BCUT2D eigenvalue weighted by Crippen LogP contribution is 2.29. The summed E-state index contributed by atoms with van der Waals surface area (Å²) in [4.78, 5) is 4.38. The summed E-state index contributed by atoms with van der Waals surface area (Å²) in [7, 11) is -0.288. The minimum atomic E-state index is -3.78. The van der Waals surface area contributed by atoms with Gasteiger partial charge in [0.15, 0.2) is 0 Å². The van der Waals surface area contributed by atoms with Crippen LogP contribution < -0.4 is 15.8 Å². The van der Waals surface area contributed by atoms with Crippen LogP contribution in [0.2, 0.25) is 0 Å². The first-order valence-electron chi connectivity index (χ1n) is 5.95. The third-order valence-corrected chi connectivity index (χ3v) is 3.81. The van der Waals surface area contributed by atoms with Gasteiger partial charge in [0.05, 0.1) is 4.90 Å². The van der Waals surface area contributed by atoms with E-state index in [1.165, 1.54) is 6.07 Å². The molecule has 4 N–H and O–H groups in total. The summed E-state index contributed by atoms with van der Waals surface area (Å²) in [5.41, 5.74) is 1.27. The standard InChI is InChI=1S/C13H16N4O2S/c1-15-12-7-9(8-13(16-2)17-12)10-5-3-4-6-11(10)20(14,18)19/h3-8H,1-2H3,(H2,14,18,19)(H2,15,16,17). The second kappa shape index (κ2) is 5.48. The van der Waals surface area contributed by atoms with Gasteiger partial charge in [0.25, 0.3) is 0 Å². The van der Waals surface area contributed by atoms with Crippen LogP contribution in [0.3, 0.4) is 0 Å². The van der Waals surface area contributed by atoms with Gasteiger partial charge in [-0.15, -0.1) is 0 Å². The Labute approximate surface area is 118 Å². The minimum absolute atomic E-state index is 0.0929. The van der Waals surface area contributed by atoms with E-state index in [1.54, 1.807) is 44.4 Å². The van der Waals surface area contributed by atoms with Gasteiger partial charge in [0, 0.05) is 19.7 Å². The smallest absolute Gasteiger partial charge is 0.238 e. The summed E-state index contributed by atoms with van der Waals surface area (Å²) in [5.74, 6) is 1.27. The molecule has 106 valence electrons. The number of nitrogens with zero attached hydrogens (tertiary/aromatic N) is 1. The molecule has 0 atom stereocenters. The Morgan fingerprint density at radius 3 is 2.10 bits per heavy atom. The van der Waals surface area contributed by atoms with Crippen molar-refractivity contribution in [1.82, 2.24) is 4.98 Å². The Hall–Kier alpha value is -2.12. The van der Waals surface area contributed by atoms with Crippen LogP contribution in [0.5, 0.6) is 0 Å². The van der Waals surface area contributed by atoms with E-state index in [4.69, 9.17) is 5.14 Å². The molecule has 0 aliphatic rings. The third kappa shape index (κ3) is 2.89.